The summed E-state index contributed by atoms with van der Waals surface area (Å²) < 4.78 is 1.71. The molecule has 1 N–H and O–H groups in total. The Morgan fingerprint density at radius 1 is 1.15 bits per heavy atom. The molecule has 2 aromatic heterocycles. The van der Waals surface area contributed by atoms with Gasteiger partial charge < -0.3 is 9.80 Å². The number of hydrazine groups is 1. The summed E-state index contributed by atoms with van der Waals surface area (Å²) in [7, 11) is 2.11. The predicted molar refractivity (Wildman–Crippen MR) is 101 cm³/mol. The zero-order chi connectivity index (χ0) is 18.6. The van der Waals surface area contributed by atoms with Crippen molar-refractivity contribution in [2.24, 2.45) is 5.92 Å². The molecule has 1 unspecified atom stereocenters. The standard InChI is InChI=1S/C18H26N8O/c1-23-8-10-25(11-9-23)22-18(27)15-4-2-6-24(13-15)16-12-17(20-14-19-16)26-7-3-5-21-26/h3,5,7,12,14-15H,2,4,6,8-11,13H2,1H3,(H,22,27). The van der Waals surface area contributed by atoms with Crippen LogP contribution in [-0.2, 0) is 4.79 Å². The number of nitrogens with one attached hydrogen (secondary N) is 1. The van der Waals surface area contributed by atoms with Crippen molar-refractivity contribution in [3.05, 3.63) is 30.9 Å². The van der Waals surface area contributed by atoms with Gasteiger partial charge in [0.1, 0.15) is 12.1 Å². The van der Waals surface area contributed by atoms with Crippen LogP contribution in [0.3, 0.4) is 0 Å². The van der Waals surface area contributed by atoms with Gasteiger partial charge in [-0.25, -0.2) is 19.7 Å². The summed E-state index contributed by atoms with van der Waals surface area (Å²) in [6, 6.07) is 3.79. The second-order valence-corrected chi connectivity index (χ2v) is 7.24. The molecule has 0 spiro atoms. The number of amides is 1. The summed E-state index contributed by atoms with van der Waals surface area (Å²) in [5, 5.41) is 6.26. The van der Waals surface area contributed by atoms with Crippen molar-refractivity contribution in [2.45, 2.75) is 12.8 Å². The average Bonchev–Trinajstić information content (AvgIpc) is 3.25. The first-order chi connectivity index (χ1) is 13.2. The lowest BCUT2D eigenvalue weighted by molar-refractivity contribution is -0.131. The Morgan fingerprint density at radius 3 is 2.74 bits per heavy atom. The Balaban J connectivity index is 1.39. The van der Waals surface area contributed by atoms with Gasteiger partial charge in [-0.15, -0.1) is 0 Å². The molecule has 0 aromatic carbocycles. The van der Waals surface area contributed by atoms with Crippen molar-refractivity contribution in [3.8, 4) is 5.82 Å². The van der Waals surface area contributed by atoms with Gasteiger partial charge >= 0.3 is 0 Å². The number of hydrogen-bond acceptors (Lipinski definition) is 7. The Hall–Kier alpha value is -2.52. The third kappa shape index (κ3) is 4.25. The van der Waals surface area contributed by atoms with Crippen LogP contribution < -0.4 is 10.3 Å². The molecule has 1 amide bonds. The van der Waals surface area contributed by atoms with E-state index in [1.165, 1.54) is 0 Å². The van der Waals surface area contributed by atoms with Crippen molar-refractivity contribution in [2.75, 3.05) is 51.2 Å². The summed E-state index contributed by atoms with van der Waals surface area (Å²) in [5.74, 6) is 1.66. The Morgan fingerprint density at radius 2 is 1.96 bits per heavy atom. The number of likely N-dealkylation sites (N-methyl/N-ethyl adjacent to an activating group) is 1. The Labute approximate surface area is 158 Å². The number of aromatic nitrogens is 4. The fourth-order valence-electron chi connectivity index (χ4n) is 3.60. The van der Waals surface area contributed by atoms with E-state index in [0.717, 1.165) is 57.2 Å². The van der Waals surface area contributed by atoms with E-state index in [2.05, 4.69) is 37.3 Å². The minimum Gasteiger partial charge on any atom is -0.356 e. The first-order valence-electron chi connectivity index (χ1n) is 9.50. The van der Waals surface area contributed by atoms with Gasteiger partial charge in [-0.1, -0.05) is 0 Å². The highest BCUT2D eigenvalue weighted by Crippen LogP contribution is 2.22. The zero-order valence-corrected chi connectivity index (χ0v) is 15.7. The third-order valence-electron chi connectivity index (χ3n) is 5.27. The van der Waals surface area contributed by atoms with Crippen LogP contribution >= 0.6 is 0 Å². The molecule has 2 saturated heterocycles. The van der Waals surface area contributed by atoms with Crippen molar-refractivity contribution in [3.63, 3.8) is 0 Å². The number of rotatable bonds is 4. The number of carbonyl (C=O) groups excluding carboxylic acids is 1. The maximum atomic E-state index is 12.7. The molecule has 144 valence electrons. The van der Waals surface area contributed by atoms with E-state index in [-0.39, 0.29) is 11.8 Å². The van der Waals surface area contributed by atoms with Gasteiger partial charge in [-0.05, 0) is 26.0 Å². The molecule has 2 aliphatic rings. The molecule has 0 saturated carbocycles. The highest BCUT2D eigenvalue weighted by molar-refractivity contribution is 5.79. The molecule has 0 aliphatic carbocycles. The monoisotopic (exact) mass is 370 g/mol. The molecule has 2 aliphatic heterocycles. The van der Waals surface area contributed by atoms with Crippen LogP contribution in [-0.4, -0.2) is 81.9 Å². The minimum absolute atomic E-state index is 0.0264. The van der Waals surface area contributed by atoms with Gasteiger partial charge in [0.15, 0.2) is 5.82 Å². The van der Waals surface area contributed by atoms with E-state index < -0.39 is 0 Å². The topological polar surface area (TPSA) is 82.4 Å². The maximum absolute atomic E-state index is 12.7. The van der Waals surface area contributed by atoms with Crippen LogP contribution in [0, 0.1) is 5.92 Å². The van der Waals surface area contributed by atoms with Crippen LogP contribution in [0.15, 0.2) is 30.9 Å². The molecule has 0 radical (unpaired) electrons. The summed E-state index contributed by atoms with van der Waals surface area (Å²) in [5.41, 5.74) is 3.11. The number of carbonyl (C=O) groups is 1. The van der Waals surface area contributed by atoms with Gasteiger partial charge in [0.2, 0.25) is 5.91 Å². The average molecular weight is 370 g/mol. The van der Waals surface area contributed by atoms with E-state index in [0.29, 0.717) is 6.54 Å². The maximum Gasteiger partial charge on any atom is 0.239 e. The predicted octanol–water partition coefficient (Wildman–Crippen LogP) is 0.157. The summed E-state index contributed by atoms with van der Waals surface area (Å²) in [4.78, 5) is 25.9. The van der Waals surface area contributed by atoms with Gasteiger partial charge in [-0.3, -0.25) is 10.2 Å². The SMILES string of the molecule is CN1CCN(NC(=O)C2CCCN(c3cc(-n4cccn4)ncn3)C2)CC1. The Bertz CT molecular complexity index is 756. The lowest BCUT2D eigenvalue weighted by atomic mass is 9.97. The van der Waals surface area contributed by atoms with Crippen molar-refractivity contribution in [1.82, 2.24) is 35.1 Å². The smallest absolute Gasteiger partial charge is 0.239 e. The third-order valence-corrected chi connectivity index (χ3v) is 5.27. The van der Waals surface area contributed by atoms with Crippen LogP contribution in [0.5, 0.6) is 0 Å². The molecule has 2 aromatic rings. The van der Waals surface area contributed by atoms with Gasteiger partial charge in [0, 0.05) is 57.7 Å². The van der Waals surface area contributed by atoms with Crippen molar-refractivity contribution in [1.29, 1.82) is 0 Å². The number of nitrogens with zero attached hydrogens (tertiary/aromatic N) is 7. The second-order valence-electron chi connectivity index (χ2n) is 7.24. The van der Waals surface area contributed by atoms with Crippen molar-refractivity contribution >= 4 is 11.7 Å². The molecule has 1 atom stereocenters. The number of piperidine rings is 1. The number of hydrogen-bond donors (Lipinski definition) is 1. The Kier molecular flexibility index (Phi) is 5.30. The normalized spacial score (nSPS) is 22.0. The molecule has 2 fully saturated rings. The van der Waals surface area contributed by atoms with E-state index in [1.54, 1.807) is 17.2 Å². The molecule has 9 nitrogen and oxygen atoms in total. The molecule has 4 heterocycles. The lowest BCUT2D eigenvalue weighted by Crippen LogP contribution is -2.55. The molecule has 4 rings (SSSR count). The first kappa shape index (κ1) is 17.9. The van der Waals surface area contributed by atoms with Crippen molar-refractivity contribution < 1.29 is 4.79 Å². The largest absolute Gasteiger partial charge is 0.356 e. The summed E-state index contributed by atoms with van der Waals surface area (Å²) in [6.07, 6.45) is 7.02. The lowest BCUT2D eigenvalue weighted by Gasteiger charge is -2.36. The van der Waals surface area contributed by atoms with Gasteiger partial charge in [0.25, 0.3) is 0 Å². The quantitative estimate of drug-likeness (QED) is 0.821. The number of piperazine rings is 1. The zero-order valence-electron chi connectivity index (χ0n) is 15.7. The van der Waals surface area contributed by atoms with E-state index >= 15 is 0 Å². The highest BCUT2D eigenvalue weighted by Gasteiger charge is 2.28. The first-order valence-corrected chi connectivity index (χ1v) is 9.50. The molecular weight excluding hydrogens is 344 g/mol. The highest BCUT2D eigenvalue weighted by atomic mass is 16.2. The summed E-state index contributed by atoms with van der Waals surface area (Å²) >= 11 is 0. The fraction of sp³-hybridized carbons (Fsp3) is 0.556. The van der Waals surface area contributed by atoms with E-state index in [9.17, 15) is 4.79 Å². The fourth-order valence-corrected chi connectivity index (χ4v) is 3.60. The van der Waals surface area contributed by atoms with Gasteiger partial charge in [-0.2, -0.15) is 5.10 Å². The molecule has 9 heteroatoms. The molecule has 0 bridgehead atoms. The van der Waals surface area contributed by atoms with E-state index in [4.69, 9.17) is 0 Å². The summed E-state index contributed by atoms with van der Waals surface area (Å²) in [6.45, 7) is 5.28. The number of anilines is 1. The van der Waals surface area contributed by atoms with Crippen LogP contribution in [0.25, 0.3) is 5.82 Å². The van der Waals surface area contributed by atoms with Gasteiger partial charge in [0.05, 0.1) is 5.92 Å². The minimum atomic E-state index is -0.0264. The van der Waals surface area contributed by atoms with Crippen LogP contribution in [0.2, 0.25) is 0 Å². The molecule has 27 heavy (non-hydrogen) atoms. The molecular formula is C18H26N8O. The van der Waals surface area contributed by atoms with Crippen LogP contribution in [0.4, 0.5) is 5.82 Å². The second kappa shape index (κ2) is 8.01. The van der Waals surface area contributed by atoms with E-state index in [1.807, 2.05) is 23.3 Å². The van der Waals surface area contributed by atoms with Crippen LogP contribution in [0.1, 0.15) is 12.8 Å².